The van der Waals surface area contributed by atoms with Crippen molar-refractivity contribution in [2.24, 2.45) is 0 Å². The Balaban J connectivity index is 1.16. The predicted octanol–water partition coefficient (Wildman–Crippen LogP) is 6.00. The largest absolute Gasteiger partial charge is 0.476 e. The molecule has 4 aromatic rings. The maximum absolute atomic E-state index is 13.2. The first-order valence-corrected chi connectivity index (χ1v) is 13.7. The SMILES string of the molecule is CC(C)(Oc1ccccc1Cl)C(=O)N1CCC(c2nc(C(=O)Nc3cc(-c4ccccc4)[nH]n3)cs2)CC1. The summed E-state index contributed by atoms with van der Waals surface area (Å²) in [6, 6.07) is 18.7. The highest BCUT2D eigenvalue weighted by molar-refractivity contribution is 7.10. The van der Waals surface area contributed by atoms with Crippen molar-refractivity contribution in [3.05, 3.63) is 81.8 Å². The Morgan fingerprint density at radius 2 is 1.82 bits per heavy atom. The van der Waals surface area contributed by atoms with Gasteiger partial charge in [0, 0.05) is 30.5 Å². The number of piperidine rings is 1. The zero-order valence-electron chi connectivity index (χ0n) is 21.1. The lowest BCUT2D eigenvalue weighted by molar-refractivity contribution is -0.146. The Morgan fingerprint density at radius 3 is 2.55 bits per heavy atom. The number of anilines is 1. The van der Waals surface area contributed by atoms with Crippen molar-refractivity contribution in [1.29, 1.82) is 0 Å². The molecule has 0 aliphatic carbocycles. The third-order valence-corrected chi connectivity index (χ3v) is 7.83. The predicted molar refractivity (Wildman–Crippen MR) is 149 cm³/mol. The van der Waals surface area contributed by atoms with Crippen LogP contribution in [-0.4, -0.2) is 50.6 Å². The third-order valence-electron chi connectivity index (χ3n) is 6.51. The molecule has 2 aromatic carbocycles. The minimum atomic E-state index is -1.04. The molecule has 38 heavy (non-hydrogen) atoms. The summed E-state index contributed by atoms with van der Waals surface area (Å²) in [6.07, 6.45) is 1.53. The van der Waals surface area contributed by atoms with Gasteiger partial charge in [0.15, 0.2) is 11.4 Å². The van der Waals surface area contributed by atoms with Gasteiger partial charge in [-0.3, -0.25) is 14.7 Å². The van der Waals surface area contributed by atoms with Crippen molar-refractivity contribution in [2.75, 3.05) is 18.4 Å². The summed E-state index contributed by atoms with van der Waals surface area (Å²) in [5.74, 6) is 0.737. The Hall–Kier alpha value is -3.69. The fraction of sp³-hybridized carbons (Fsp3) is 0.286. The number of hydrogen-bond donors (Lipinski definition) is 2. The molecule has 2 amide bonds. The Morgan fingerprint density at radius 1 is 1.11 bits per heavy atom. The molecule has 1 saturated heterocycles. The van der Waals surface area contributed by atoms with Gasteiger partial charge in [0.05, 0.1) is 15.7 Å². The third kappa shape index (κ3) is 5.74. The zero-order valence-corrected chi connectivity index (χ0v) is 22.7. The van der Waals surface area contributed by atoms with Crippen LogP contribution in [-0.2, 0) is 4.79 Å². The van der Waals surface area contributed by atoms with Crippen LogP contribution in [0.2, 0.25) is 5.02 Å². The average Bonchev–Trinajstić information content (AvgIpc) is 3.61. The summed E-state index contributed by atoms with van der Waals surface area (Å²) < 4.78 is 5.98. The van der Waals surface area contributed by atoms with Crippen molar-refractivity contribution >= 4 is 40.6 Å². The van der Waals surface area contributed by atoms with E-state index >= 15 is 0 Å². The molecule has 1 aliphatic heterocycles. The summed E-state index contributed by atoms with van der Waals surface area (Å²) >= 11 is 7.69. The number of aromatic amines is 1. The van der Waals surface area contributed by atoms with Gasteiger partial charge < -0.3 is 15.0 Å². The van der Waals surface area contributed by atoms with Gasteiger partial charge in [0.25, 0.3) is 11.8 Å². The highest BCUT2D eigenvalue weighted by atomic mass is 35.5. The second-order valence-electron chi connectivity index (χ2n) is 9.67. The maximum Gasteiger partial charge on any atom is 0.276 e. The van der Waals surface area contributed by atoms with E-state index in [4.69, 9.17) is 16.3 Å². The number of hydrogen-bond acceptors (Lipinski definition) is 6. The minimum Gasteiger partial charge on any atom is -0.476 e. The lowest BCUT2D eigenvalue weighted by Gasteiger charge is -2.36. The second-order valence-corrected chi connectivity index (χ2v) is 11.0. The number of amides is 2. The van der Waals surface area contributed by atoms with E-state index in [1.165, 1.54) is 11.3 Å². The smallest absolute Gasteiger partial charge is 0.276 e. The van der Waals surface area contributed by atoms with Crippen LogP contribution in [0.4, 0.5) is 5.82 Å². The Bertz CT molecular complexity index is 1430. The van der Waals surface area contributed by atoms with E-state index in [9.17, 15) is 9.59 Å². The Labute approximate surface area is 230 Å². The summed E-state index contributed by atoms with van der Waals surface area (Å²) in [5.41, 5.74) is 1.13. The molecule has 10 heteroatoms. The molecule has 8 nitrogen and oxygen atoms in total. The number of nitrogens with zero attached hydrogens (tertiary/aromatic N) is 3. The van der Waals surface area contributed by atoms with E-state index in [1.54, 1.807) is 37.4 Å². The summed E-state index contributed by atoms with van der Waals surface area (Å²) in [5, 5.41) is 13.1. The number of carbonyl (C=O) groups is 2. The molecule has 0 bridgehead atoms. The molecule has 0 saturated carbocycles. The average molecular weight is 550 g/mol. The Kier molecular flexibility index (Phi) is 7.49. The molecule has 3 heterocycles. The first kappa shape index (κ1) is 25.9. The van der Waals surface area contributed by atoms with Crippen molar-refractivity contribution < 1.29 is 14.3 Å². The first-order chi connectivity index (χ1) is 18.3. The molecule has 0 spiro atoms. The number of benzene rings is 2. The number of H-pyrrole nitrogens is 1. The molecule has 1 aliphatic rings. The van der Waals surface area contributed by atoms with Crippen molar-refractivity contribution in [3.63, 3.8) is 0 Å². The van der Waals surface area contributed by atoms with E-state index in [0.29, 0.717) is 35.4 Å². The van der Waals surface area contributed by atoms with Crippen LogP contribution in [0.5, 0.6) is 5.75 Å². The van der Waals surface area contributed by atoms with E-state index in [1.807, 2.05) is 47.4 Å². The van der Waals surface area contributed by atoms with Gasteiger partial charge in [-0.2, -0.15) is 5.10 Å². The molecule has 2 aromatic heterocycles. The number of nitrogens with one attached hydrogen (secondary N) is 2. The summed E-state index contributed by atoms with van der Waals surface area (Å²) in [7, 11) is 0. The van der Waals surface area contributed by atoms with Crippen LogP contribution in [0, 0.1) is 0 Å². The van der Waals surface area contributed by atoms with Crippen LogP contribution >= 0.6 is 22.9 Å². The molecular weight excluding hydrogens is 522 g/mol. The number of thiazole rings is 1. The van der Waals surface area contributed by atoms with Gasteiger partial charge in [-0.15, -0.1) is 11.3 Å². The fourth-order valence-electron chi connectivity index (χ4n) is 4.47. The van der Waals surface area contributed by atoms with Gasteiger partial charge >= 0.3 is 0 Å². The van der Waals surface area contributed by atoms with Gasteiger partial charge in [-0.1, -0.05) is 54.1 Å². The number of aromatic nitrogens is 3. The van der Waals surface area contributed by atoms with Crippen molar-refractivity contribution in [3.8, 4) is 17.0 Å². The van der Waals surface area contributed by atoms with E-state index in [0.717, 1.165) is 29.1 Å². The van der Waals surface area contributed by atoms with Gasteiger partial charge in [-0.05, 0) is 44.4 Å². The number of halogens is 1. The van der Waals surface area contributed by atoms with Gasteiger partial charge in [-0.25, -0.2) is 4.98 Å². The normalized spacial score (nSPS) is 14.3. The van der Waals surface area contributed by atoms with Gasteiger partial charge in [0.2, 0.25) is 0 Å². The number of rotatable bonds is 7. The van der Waals surface area contributed by atoms with Crippen LogP contribution < -0.4 is 10.1 Å². The van der Waals surface area contributed by atoms with E-state index in [2.05, 4.69) is 20.5 Å². The highest BCUT2D eigenvalue weighted by Crippen LogP contribution is 2.33. The van der Waals surface area contributed by atoms with Crippen LogP contribution in [0.3, 0.4) is 0 Å². The van der Waals surface area contributed by atoms with Crippen LogP contribution in [0.1, 0.15) is 48.1 Å². The molecule has 5 rings (SSSR count). The van der Waals surface area contributed by atoms with E-state index < -0.39 is 5.60 Å². The number of carbonyl (C=O) groups excluding carboxylic acids is 2. The van der Waals surface area contributed by atoms with Crippen molar-refractivity contribution in [2.45, 2.75) is 38.2 Å². The van der Waals surface area contributed by atoms with Gasteiger partial charge in [0.1, 0.15) is 11.4 Å². The standard InChI is InChI=1S/C28H28ClN5O3S/c1-28(2,37-23-11-7-6-10-20(23)29)27(36)34-14-12-19(13-15-34)26-30-22(17-38-26)25(35)31-24-16-21(32-33-24)18-8-4-3-5-9-18/h3-11,16-17,19H,12-15H2,1-2H3,(H2,31,32,33,35). The first-order valence-electron chi connectivity index (χ1n) is 12.4. The zero-order chi connectivity index (χ0) is 26.7. The molecule has 0 radical (unpaired) electrons. The lowest BCUT2D eigenvalue weighted by Crippen LogP contribution is -2.51. The van der Waals surface area contributed by atoms with E-state index in [-0.39, 0.29) is 17.7 Å². The van der Waals surface area contributed by atoms with Crippen molar-refractivity contribution in [1.82, 2.24) is 20.1 Å². The molecule has 0 unspecified atom stereocenters. The molecule has 196 valence electrons. The maximum atomic E-state index is 13.2. The molecular formula is C28H28ClN5O3S. The van der Waals surface area contributed by atoms with Crippen LogP contribution in [0.25, 0.3) is 11.3 Å². The number of para-hydroxylation sites is 1. The number of likely N-dealkylation sites (tertiary alicyclic amines) is 1. The molecule has 0 atom stereocenters. The minimum absolute atomic E-state index is 0.0797. The number of ether oxygens (including phenoxy) is 1. The second kappa shape index (κ2) is 11.0. The molecule has 1 fully saturated rings. The van der Waals surface area contributed by atoms with Crippen LogP contribution in [0.15, 0.2) is 66.0 Å². The summed E-state index contributed by atoms with van der Waals surface area (Å²) in [4.78, 5) is 32.4. The lowest BCUT2D eigenvalue weighted by atomic mass is 9.96. The molecule has 2 N–H and O–H groups in total. The fourth-order valence-corrected chi connectivity index (χ4v) is 5.61. The quantitative estimate of drug-likeness (QED) is 0.294. The topological polar surface area (TPSA) is 100 Å². The highest BCUT2D eigenvalue weighted by Gasteiger charge is 2.37. The monoisotopic (exact) mass is 549 g/mol. The summed E-state index contributed by atoms with van der Waals surface area (Å²) in [6.45, 7) is 4.71.